The van der Waals surface area contributed by atoms with Crippen molar-refractivity contribution in [2.45, 2.75) is 44.2 Å². The van der Waals surface area contributed by atoms with E-state index in [4.69, 9.17) is 14.2 Å². The maximum Gasteiger partial charge on any atom is 0.176 e. The Bertz CT molecular complexity index is 447. The van der Waals surface area contributed by atoms with Crippen molar-refractivity contribution < 1.29 is 14.2 Å². The summed E-state index contributed by atoms with van der Waals surface area (Å²) in [6.45, 7) is 2.18. The molecule has 3 fully saturated rings. The highest BCUT2D eigenvalue weighted by atomic mass is 16.7. The summed E-state index contributed by atoms with van der Waals surface area (Å²) >= 11 is 0. The molecule has 2 aliphatic carbocycles. The van der Waals surface area contributed by atoms with E-state index in [0.717, 1.165) is 26.1 Å². The molecule has 3 nitrogen and oxygen atoms in total. The van der Waals surface area contributed by atoms with Gasteiger partial charge in [-0.15, -0.1) is 0 Å². The molecule has 1 aromatic rings. The second-order valence-corrected chi connectivity index (χ2v) is 5.95. The monoisotopic (exact) mass is 260 g/mol. The van der Waals surface area contributed by atoms with Gasteiger partial charge >= 0.3 is 0 Å². The van der Waals surface area contributed by atoms with Gasteiger partial charge in [0.15, 0.2) is 5.79 Å². The van der Waals surface area contributed by atoms with Gasteiger partial charge < -0.3 is 14.2 Å². The van der Waals surface area contributed by atoms with Crippen molar-refractivity contribution in [1.82, 2.24) is 0 Å². The standard InChI is InChI=1S/C16H20O3/c1-2-5-13(6-3-1)12-17-14-11-15(14)7-4-8-16(15)18-9-10-19-16/h1-3,5-6,14H,4,7-12H2. The molecule has 1 aromatic carbocycles. The zero-order valence-electron chi connectivity index (χ0n) is 11.1. The van der Waals surface area contributed by atoms with Gasteiger partial charge in [0, 0.05) is 6.42 Å². The maximum atomic E-state index is 6.10. The molecule has 0 aromatic heterocycles. The van der Waals surface area contributed by atoms with Crippen molar-refractivity contribution >= 4 is 0 Å². The minimum absolute atomic E-state index is 0.151. The Morgan fingerprint density at radius 2 is 1.89 bits per heavy atom. The first kappa shape index (κ1) is 11.9. The van der Waals surface area contributed by atoms with Gasteiger partial charge in [0.05, 0.1) is 31.3 Å². The second-order valence-electron chi connectivity index (χ2n) is 5.95. The van der Waals surface area contributed by atoms with E-state index < -0.39 is 0 Å². The Morgan fingerprint density at radius 1 is 1.11 bits per heavy atom. The first-order valence-electron chi connectivity index (χ1n) is 7.28. The van der Waals surface area contributed by atoms with Gasteiger partial charge in [0.25, 0.3) is 0 Å². The lowest BCUT2D eigenvalue weighted by Gasteiger charge is -2.30. The highest BCUT2D eigenvalue weighted by Gasteiger charge is 2.72. The first-order chi connectivity index (χ1) is 9.35. The Hall–Kier alpha value is -0.900. The third kappa shape index (κ3) is 1.76. The summed E-state index contributed by atoms with van der Waals surface area (Å²) in [5.74, 6) is -0.311. The summed E-state index contributed by atoms with van der Waals surface area (Å²) in [6, 6.07) is 10.4. The topological polar surface area (TPSA) is 27.7 Å². The van der Waals surface area contributed by atoms with Crippen LogP contribution in [0.5, 0.6) is 0 Å². The summed E-state index contributed by atoms with van der Waals surface area (Å²) < 4.78 is 18.0. The number of hydrogen-bond acceptors (Lipinski definition) is 3. The Kier molecular flexibility index (Phi) is 2.69. The lowest BCUT2D eigenvalue weighted by Crippen LogP contribution is -2.38. The number of ether oxygens (including phenoxy) is 3. The third-order valence-electron chi connectivity index (χ3n) is 4.94. The minimum atomic E-state index is -0.311. The molecule has 0 N–H and O–H groups in total. The van der Waals surface area contributed by atoms with Gasteiger partial charge in [-0.2, -0.15) is 0 Å². The Morgan fingerprint density at radius 3 is 2.68 bits per heavy atom. The van der Waals surface area contributed by atoms with Crippen molar-refractivity contribution in [2.24, 2.45) is 5.41 Å². The SMILES string of the molecule is c1ccc(COC2CC23CCCC32OCCO2)cc1. The summed E-state index contributed by atoms with van der Waals surface area (Å²) in [6.07, 6.45) is 4.84. The van der Waals surface area contributed by atoms with Crippen LogP contribution < -0.4 is 0 Å². The van der Waals surface area contributed by atoms with Gasteiger partial charge in [-0.25, -0.2) is 0 Å². The van der Waals surface area contributed by atoms with Gasteiger partial charge in [-0.05, 0) is 24.8 Å². The van der Waals surface area contributed by atoms with E-state index in [1.54, 1.807) is 0 Å². The molecule has 0 bridgehead atoms. The maximum absolute atomic E-state index is 6.10. The quantitative estimate of drug-likeness (QED) is 0.836. The molecule has 3 heteroatoms. The molecular weight excluding hydrogens is 240 g/mol. The van der Waals surface area contributed by atoms with Crippen LogP contribution in [0.3, 0.4) is 0 Å². The highest BCUT2D eigenvalue weighted by Crippen LogP contribution is 2.67. The molecule has 1 saturated heterocycles. The fourth-order valence-corrected chi connectivity index (χ4v) is 3.89. The van der Waals surface area contributed by atoms with E-state index >= 15 is 0 Å². The molecule has 2 atom stereocenters. The largest absolute Gasteiger partial charge is 0.373 e. The fourth-order valence-electron chi connectivity index (χ4n) is 3.89. The Balaban J connectivity index is 1.43. The fraction of sp³-hybridized carbons (Fsp3) is 0.625. The van der Waals surface area contributed by atoms with E-state index in [2.05, 4.69) is 24.3 Å². The van der Waals surface area contributed by atoms with Crippen LogP contribution in [0, 0.1) is 5.41 Å². The van der Waals surface area contributed by atoms with Gasteiger partial charge in [-0.3, -0.25) is 0 Å². The van der Waals surface area contributed by atoms with Crippen LogP contribution >= 0.6 is 0 Å². The highest BCUT2D eigenvalue weighted by molar-refractivity contribution is 5.18. The van der Waals surface area contributed by atoms with Crippen LogP contribution in [0.4, 0.5) is 0 Å². The number of fused-ring (bicyclic) bond motifs is 1. The summed E-state index contributed by atoms with van der Waals surface area (Å²) in [5, 5.41) is 0. The first-order valence-corrected chi connectivity index (χ1v) is 7.28. The molecule has 19 heavy (non-hydrogen) atoms. The van der Waals surface area contributed by atoms with E-state index in [9.17, 15) is 0 Å². The number of rotatable bonds is 3. The van der Waals surface area contributed by atoms with Crippen LogP contribution in [0.25, 0.3) is 0 Å². The van der Waals surface area contributed by atoms with Gasteiger partial charge in [-0.1, -0.05) is 30.3 Å². The number of benzene rings is 1. The van der Waals surface area contributed by atoms with Crippen LogP contribution in [0.1, 0.15) is 31.2 Å². The van der Waals surface area contributed by atoms with Crippen molar-refractivity contribution in [3.05, 3.63) is 35.9 Å². The van der Waals surface area contributed by atoms with Crippen molar-refractivity contribution in [2.75, 3.05) is 13.2 Å². The van der Waals surface area contributed by atoms with Crippen LogP contribution in [-0.2, 0) is 20.8 Å². The van der Waals surface area contributed by atoms with E-state index in [0.29, 0.717) is 12.7 Å². The van der Waals surface area contributed by atoms with Crippen LogP contribution in [0.15, 0.2) is 30.3 Å². The molecule has 3 aliphatic rings. The van der Waals surface area contributed by atoms with E-state index in [-0.39, 0.29) is 11.2 Å². The smallest absolute Gasteiger partial charge is 0.176 e. The minimum Gasteiger partial charge on any atom is -0.373 e. The van der Waals surface area contributed by atoms with Crippen molar-refractivity contribution in [3.8, 4) is 0 Å². The molecular formula is C16H20O3. The molecule has 0 radical (unpaired) electrons. The zero-order valence-corrected chi connectivity index (χ0v) is 11.1. The van der Waals surface area contributed by atoms with Crippen LogP contribution in [0.2, 0.25) is 0 Å². The average molecular weight is 260 g/mol. The summed E-state index contributed by atoms with van der Waals surface area (Å²) in [7, 11) is 0. The molecule has 0 amide bonds. The van der Waals surface area contributed by atoms with E-state index in [1.807, 2.05) is 6.07 Å². The predicted octanol–water partition coefficient (Wildman–Crippen LogP) is 2.89. The third-order valence-corrected chi connectivity index (χ3v) is 4.94. The lowest BCUT2D eigenvalue weighted by atomic mass is 9.98. The molecule has 102 valence electrons. The van der Waals surface area contributed by atoms with Crippen molar-refractivity contribution in [1.29, 1.82) is 0 Å². The molecule has 2 saturated carbocycles. The van der Waals surface area contributed by atoms with E-state index in [1.165, 1.54) is 18.4 Å². The molecule has 4 rings (SSSR count). The number of hydrogen-bond donors (Lipinski definition) is 0. The average Bonchev–Trinajstić information content (AvgIpc) is 2.82. The molecule has 2 spiro atoms. The molecule has 2 unspecified atom stereocenters. The van der Waals surface area contributed by atoms with Gasteiger partial charge in [0.1, 0.15) is 0 Å². The normalized spacial score (nSPS) is 35.3. The van der Waals surface area contributed by atoms with Crippen LogP contribution in [-0.4, -0.2) is 25.1 Å². The zero-order chi connectivity index (χ0) is 12.8. The summed E-state index contributed by atoms with van der Waals surface area (Å²) in [5.41, 5.74) is 1.39. The second kappa shape index (κ2) is 4.30. The lowest BCUT2D eigenvalue weighted by molar-refractivity contribution is -0.201. The predicted molar refractivity (Wildman–Crippen MR) is 70.6 cm³/mol. The Labute approximate surface area is 113 Å². The van der Waals surface area contributed by atoms with Crippen molar-refractivity contribution in [3.63, 3.8) is 0 Å². The molecule has 1 heterocycles. The van der Waals surface area contributed by atoms with Gasteiger partial charge in [0.2, 0.25) is 0 Å². The molecule has 1 aliphatic heterocycles. The summed E-state index contributed by atoms with van der Waals surface area (Å²) in [4.78, 5) is 0.